The van der Waals surface area contributed by atoms with E-state index in [1.807, 2.05) is 26.0 Å². The molecule has 0 radical (unpaired) electrons. The molecule has 2 aromatic rings. The average Bonchev–Trinajstić information content (AvgIpc) is 2.95. The van der Waals surface area contributed by atoms with E-state index in [1.165, 1.54) is 0 Å². The molecular weight excluding hydrogens is 240 g/mol. The van der Waals surface area contributed by atoms with Gasteiger partial charge in [0.15, 0.2) is 5.76 Å². The summed E-state index contributed by atoms with van der Waals surface area (Å²) in [5, 5.41) is 3.90. The molecule has 0 aliphatic heterocycles. The molecule has 0 aliphatic carbocycles. The monoisotopic (exact) mass is 262 g/mol. The Hall–Kier alpha value is -1.55. The fraction of sp³-hybridized carbons (Fsp3) is 0.533. The topological polar surface area (TPSA) is 42.4 Å². The van der Waals surface area contributed by atoms with Crippen LogP contribution in [0.25, 0.3) is 0 Å². The van der Waals surface area contributed by atoms with Crippen LogP contribution in [0, 0.1) is 13.8 Å². The maximum Gasteiger partial charge on any atom is 0.150 e. The van der Waals surface area contributed by atoms with Crippen molar-refractivity contribution in [3.8, 4) is 0 Å². The van der Waals surface area contributed by atoms with Crippen LogP contribution < -0.4 is 0 Å². The normalized spacial score (nSPS) is 13.1. The van der Waals surface area contributed by atoms with E-state index in [2.05, 4.69) is 30.1 Å². The molecule has 0 aromatic carbocycles. The molecule has 0 aliphatic rings. The van der Waals surface area contributed by atoms with Crippen molar-refractivity contribution in [2.24, 2.45) is 0 Å². The molecule has 4 heteroatoms. The standard InChI is InChI=1S/C15H22N2O2/c1-11(15-6-5-13(3)18-15)7-8-17(4)10-14-9-12(2)16-19-14/h5-6,9,11H,7-8,10H2,1-4H3. The van der Waals surface area contributed by atoms with Crippen molar-refractivity contribution in [1.82, 2.24) is 10.1 Å². The average molecular weight is 262 g/mol. The molecule has 0 bridgehead atoms. The Bertz CT molecular complexity index is 516. The van der Waals surface area contributed by atoms with Crippen LogP contribution in [0.2, 0.25) is 0 Å². The van der Waals surface area contributed by atoms with Crippen LogP contribution in [-0.2, 0) is 6.54 Å². The fourth-order valence-electron chi connectivity index (χ4n) is 2.11. The summed E-state index contributed by atoms with van der Waals surface area (Å²) in [6.45, 7) is 7.92. The summed E-state index contributed by atoms with van der Waals surface area (Å²) in [5.74, 6) is 3.41. The summed E-state index contributed by atoms with van der Waals surface area (Å²) < 4.78 is 10.9. The second kappa shape index (κ2) is 6.06. The molecule has 2 aromatic heterocycles. The van der Waals surface area contributed by atoms with Gasteiger partial charge in [0.25, 0.3) is 0 Å². The van der Waals surface area contributed by atoms with Crippen LogP contribution >= 0.6 is 0 Å². The first-order chi connectivity index (χ1) is 9.04. The number of aryl methyl sites for hydroxylation is 2. The first-order valence-electron chi connectivity index (χ1n) is 6.71. The molecule has 19 heavy (non-hydrogen) atoms. The summed E-state index contributed by atoms with van der Waals surface area (Å²) in [6, 6.07) is 6.07. The Kier molecular flexibility index (Phi) is 4.43. The maximum atomic E-state index is 5.65. The van der Waals surface area contributed by atoms with Crippen molar-refractivity contribution >= 4 is 0 Å². The number of aromatic nitrogens is 1. The Balaban J connectivity index is 1.78. The van der Waals surface area contributed by atoms with Crippen molar-refractivity contribution in [2.75, 3.05) is 13.6 Å². The molecule has 0 saturated carbocycles. The smallest absolute Gasteiger partial charge is 0.150 e. The molecule has 104 valence electrons. The van der Waals surface area contributed by atoms with Gasteiger partial charge >= 0.3 is 0 Å². The highest BCUT2D eigenvalue weighted by Gasteiger charge is 2.12. The van der Waals surface area contributed by atoms with Gasteiger partial charge in [-0.1, -0.05) is 12.1 Å². The number of hydrogen-bond donors (Lipinski definition) is 0. The van der Waals surface area contributed by atoms with Gasteiger partial charge in [0.2, 0.25) is 0 Å². The van der Waals surface area contributed by atoms with Crippen LogP contribution in [0.1, 0.15) is 42.2 Å². The predicted octanol–water partition coefficient (Wildman–Crippen LogP) is 3.51. The highest BCUT2D eigenvalue weighted by atomic mass is 16.5. The lowest BCUT2D eigenvalue weighted by Gasteiger charge is -2.17. The van der Waals surface area contributed by atoms with Crippen LogP contribution in [-0.4, -0.2) is 23.6 Å². The second-order valence-electron chi connectivity index (χ2n) is 5.31. The van der Waals surface area contributed by atoms with E-state index in [0.29, 0.717) is 5.92 Å². The molecule has 1 unspecified atom stereocenters. The minimum absolute atomic E-state index is 0.438. The van der Waals surface area contributed by atoms with Gasteiger partial charge in [-0.3, -0.25) is 4.90 Å². The van der Waals surface area contributed by atoms with Gasteiger partial charge in [-0.25, -0.2) is 0 Å². The summed E-state index contributed by atoms with van der Waals surface area (Å²) in [7, 11) is 2.10. The van der Waals surface area contributed by atoms with Crippen molar-refractivity contribution in [3.63, 3.8) is 0 Å². The third-order valence-electron chi connectivity index (χ3n) is 3.29. The van der Waals surface area contributed by atoms with Gasteiger partial charge in [-0.15, -0.1) is 0 Å². The third-order valence-corrected chi connectivity index (χ3v) is 3.29. The Labute approximate surface area is 114 Å². The first-order valence-corrected chi connectivity index (χ1v) is 6.71. The Morgan fingerprint density at radius 3 is 2.68 bits per heavy atom. The Morgan fingerprint density at radius 1 is 1.32 bits per heavy atom. The zero-order chi connectivity index (χ0) is 13.8. The molecule has 4 nitrogen and oxygen atoms in total. The molecule has 0 spiro atoms. The first kappa shape index (κ1) is 13.9. The zero-order valence-electron chi connectivity index (χ0n) is 12.1. The van der Waals surface area contributed by atoms with E-state index in [1.54, 1.807) is 0 Å². The van der Waals surface area contributed by atoms with Crippen LogP contribution in [0.15, 0.2) is 27.1 Å². The van der Waals surface area contributed by atoms with Crippen molar-refractivity contribution in [3.05, 3.63) is 41.2 Å². The van der Waals surface area contributed by atoms with Crippen molar-refractivity contribution in [1.29, 1.82) is 0 Å². The van der Waals surface area contributed by atoms with E-state index in [-0.39, 0.29) is 0 Å². The number of nitrogens with zero attached hydrogens (tertiary/aromatic N) is 2. The third kappa shape index (κ3) is 3.96. The van der Waals surface area contributed by atoms with Crippen molar-refractivity contribution < 1.29 is 8.94 Å². The van der Waals surface area contributed by atoms with E-state index in [4.69, 9.17) is 8.94 Å². The van der Waals surface area contributed by atoms with E-state index < -0.39 is 0 Å². The van der Waals surface area contributed by atoms with Gasteiger partial charge in [0.05, 0.1) is 12.2 Å². The van der Waals surface area contributed by atoms with Crippen molar-refractivity contribution in [2.45, 2.75) is 39.7 Å². The molecule has 0 amide bonds. The minimum Gasteiger partial charge on any atom is -0.466 e. The molecule has 2 rings (SSSR count). The molecule has 0 N–H and O–H groups in total. The fourth-order valence-corrected chi connectivity index (χ4v) is 2.11. The van der Waals surface area contributed by atoms with Gasteiger partial charge in [0.1, 0.15) is 11.5 Å². The van der Waals surface area contributed by atoms with Gasteiger partial charge < -0.3 is 8.94 Å². The molecule has 1 atom stereocenters. The number of furan rings is 1. The lowest BCUT2D eigenvalue weighted by atomic mass is 10.1. The molecule has 0 saturated heterocycles. The van der Waals surface area contributed by atoms with E-state index in [9.17, 15) is 0 Å². The SMILES string of the molecule is Cc1cc(CN(C)CCC(C)c2ccc(C)o2)on1. The largest absolute Gasteiger partial charge is 0.466 e. The maximum absolute atomic E-state index is 5.65. The minimum atomic E-state index is 0.438. The number of hydrogen-bond acceptors (Lipinski definition) is 4. The number of rotatable bonds is 6. The second-order valence-corrected chi connectivity index (χ2v) is 5.31. The van der Waals surface area contributed by atoms with Gasteiger partial charge in [0, 0.05) is 12.0 Å². The van der Waals surface area contributed by atoms with Gasteiger partial charge in [-0.2, -0.15) is 0 Å². The van der Waals surface area contributed by atoms with Crippen LogP contribution in [0.5, 0.6) is 0 Å². The highest BCUT2D eigenvalue weighted by Crippen LogP contribution is 2.21. The quantitative estimate of drug-likeness (QED) is 0.799. The lowest BCUT2D eigenvalue weighted by Crippen LogP contribution is -2.20. The zero-order valence-corrected chi connectivity index (χ0v) is 12.1. The summed E-state index contributed by atoms with van der Waals surface area (Å²) >= 11 is 0. The summed E-state index contributed by atoms with van der Waals surface area (Å²) in [4.78, 5) is 2.24. The van der Waals surface area contributed by atoms with Crippen LogP contribution in [0.4, 0.5) is 0 Å². The molecule has 2 heterocycles. The predicted molar refractivity (Wildman–Crippen MR) is 74.1 cm³/mol. The summed E-state index contributed by atoms with van der Waals surface area (Å²) in [5.41, 5.74) is 0.933. The summed E-state index contributed by atoms with van der Waals surface area (Å²) in [6.07, 6.45) is 1.07. The van der Waals surface area contributed by atoms with Gasteiger partial charge in [-0.05, 0) is 46.0 Å². The highest BCUT2D eigenvalue weighted by molar-refractivity contribution is 5.09. The van der Waals surface area contributed by atoms with E-state index in [0.717, 1.165) is 42.5 Å². The molecular formula is C15H22N2O2. The lowest BCUT2D eigenvalue weighted by molar-refractivity contribution is 0.261. The molecule has 0 fully saturated rings. The van der Waals surface area contributed by atoms with Crippen LogP contribution in [0.3, 0.4) is 0 Å². The Morgan fingerprint density at radius 2 is 2.11 bits per heavy atom. The van der Waals surface area contributed by atoms with E-state index >= 15 is 0 Å².